The van der Waals surface area contributed by atoms with Crippen LogP contribution in [-0.2, 0) is 9.57 Å². The number of ether oxygens (including phenoxy) is 1. The lowest BCUT2D eigenvalue weighted by Crippen LogP contribution is -2.39. The van der Waals surface area contributed by atoms with Crippen LogP contribution in [0.5, 0.6) is 0 Å². The van der Waals surface area contributed by atoms with E-state index in [4.69, 9.17) is 25.6 Å². The number of benzene rings is 1. The highest BCUT2D eigenvalue weighted by atomic mass is 35.5. The molecule has 0 aliphatic carbocycles. The number of fused-ring (bicyclic) bond motifs is 1. The van der Waals surface area contributed by atoms with Gasteiger partial charge in [0.15, 0.2) is 0 Å². The number of oxime groups is 1. The molecule has 0 spiro atoms. The van der Waals surface area contributed by atoms with Crippen LogP contribution in [0.25, 0.3) is 16.6 Å². The first-order chi connectivity index (χ1) is 17.7. The van der Waals surface area contributed by atoms with Crippen LogP contribution in [-0.4, -0.2) is 42.6 Å². The molecule has 198 valence electrons. The Morgan fingerprint density at radius 1 is 1.41 bits per heavy atom. The Morgan fingerprint density at radius 3 is 2.81 bits per heavy atom. The minimum atomic E-state index is -2.66. The Hall–Kier alpha value is -3.34. The molecule has 1 unspecified atom stereocenters. The van der Waals surface area contributed by atoms with E-state index in [1.807, 2.05) is 26.8 Å². The summed E-state index contributed by atoms with van der Waals surface area (Å²) in [7, 11) is 1.42. The maximum absolute atomic E-state index is 13.0. The summed E-state index contributed by atoms with van der Waals surface area (Å²) in [6.45, 7) is 6.72. The number of alkyl halides is 2. The van der Waals surface area contributed by atoms with E-state index in [0.717, 1.165) is 5.57 Å². The Morgan fingerprint density at radius 2 is 2.16 bits per heavy atom. The van der Waals surface area contributed by atoms with Gasteiger partial charge in [0.2, 0.25) is 5.89 Å². The molecule has 1 N–H and O–H groups in total. The first-order valence-electron chi connectivity index (χ1n) is 11.6. The average molecular weight is 535 g/mol. The van der Waals surface area contributed by atoms with Crippen molar-refractivity contribution in [3.63, 3.8) is 0 Å². The third kappa shape index (κ3) is 6.71. The zero-order chi connectivity index (χ0) is 27.1. The summed E-state index contributed by atoms with van der Waals surface area (Å²) in [5, 5.41) is 5.93. The van der Waals surface area contributed by atoms with Crippen LogP contribution in [0.15, 0.2) is 67.1 Å². The number of halogens is 3. The lowest BCUT2D eigenvalue weighted by molar-refractivity contribution is -0.0272. The summed E-state index contributed by atoms with van der Waals surface area (Å²) in [4.78, 5) is 22.4. The highest BCUT2D eigenvalue weighted by Gasteiger charge is 2.32. The number of hydrazine groups is 1. The molecule has 1 aliphatic rings. The summed E-state index contributed by atoms with van der Waals surface area (Å²) in [5.41, 5.74) is 5.93. The normalized spacial score (nSPS) is 17.4. The number of aromatic nitrogens is 1. The van der Waals surface area contributed by atoms with Crippen LogP contribution in [0.3, 0.4) is 0 Å². The van der Waals surface area contributed by atoms with Crippen molar-refractivity contribution in [2.45, 2.75) is 46.8 Å². The van der Waals surface area contributed by atoms with Crippen LogP contribution < -0.4 is 11.1 Å². The third-order valence-electron chi connectivity index (χ3n) is 5.50. The van der Waals surface area contributed by atoms with Crippen LogP contribution in [0.2, 0.25) is 0 Å². The first kappa shape index (κ1) is 28.2. The van der Waals surface area contributed by atoms with Gasteiger partial charge in [-0.3, -0.25) is 5.01 Å². The molecule has 0 amide bonds. The molecule has 3 rings (SSSR count). The van der Waals surface area contributed by atoms with E-state index >= 15 is 0 Å². The predicted octanol–water partition coefficient (Wildman–Crippen LogP) is 5.63. The molecule has 0 saturated carbocycles. The fourth-order valence-electron chi connectivity index (χ4n) is 3.67. The van der Waals surface area contributed by atoms with Crippen molar-refractivity contribution >= 4 is 34.4 Å². The number of allylic oxidation sites excluding steroid dienone is 5. The molecule has 0 fully saturated rings. The summed E-state index contributed by atoms with van der Waals surface area (Å²) in [5.74, 6) is -0.0218. The Kier molecular flexibility index (Phi) is 9.73. The van der Waals surface area contributed by atoms with E-state index < -0.39 is 24.9 Å². The van der Waals surface area contributed by atoms with E-state index in [1.54, 1.807) is 36.2 Å². The van der Waals surface area contributed by atoms with E-state index in [0.29, 0.717) is 39.5 Å². The number of hydrogen-bond acceptors (Lipinski definition) is 8. The van der Waals surface area contributed by atoms with Gasteiger partial charge in [-0.1, -0.05) is 35.8 Å². The van der Waals surface area contributed by atoms with Crippen molar-refractivity contribution in [2.75, 3.05) is 13.7 Å². The summed E-state index contributed by atoms with van der Waals surface area (Å²) in [6, 6.07) is 3.41. The molecule has 37 heavy (non-hydrogen) atoms. The maximum atomic E-state index is 13.0. The van der Waals surface area contributed by atoms with E-state index in [2.05, 4.69) is 15.6 Å². The second-order valence-corrected chi connectivity index (χ2v) is 8.55. The fourth-order valence-corrected chi connectivity index (χ4v) is 3.99. The highest BCUT2D eigenvalue weighted by Crippen LogP contribution is 2.34. The fraction of sp³-hybridized carbons (Fsp3) is 0.346. The van der Waals surface area contributed by atoms with Crippen molar-refractivity contribution in [1.29, 1.82) is 0 Å². The van der Waals surface area contributed by atoms with Crippen LogP contribution in [0.1, 0.15) is 44.2 Å². The van der Waals surface area contributed by atoms with Crippen molar-refractivity contribution in [2.24, 2.45) is 5.16 Å². The molecule has 0 bridgehead atoms. The molecular weight excluding hydrogens is 506 g/mol. The second kappa shape index (κ2) is 12.8. The van der Waals surface area contributed by atoms with Crippen molar-refractivity contribution < 1.29 is 22.8 Å². The van der Waals surface area contributed by atoms with E-state index in [1.165, 1.54) is 19.4 Å². The van der Waals surface area contributed by atoms with Gasteiger partial charge in [0.1, 0.15) is 25.6 Å². The maximum Gasteiger partial charge on any atom is 0.347 e. The molecule has 1 aromatic carbocycles. The molecule has 2 heterocycles. The first-order valence-corrected chi connectivity index (χ1v) is 12.0. The lowest BCUT2D eigenvalue weighted by atomic mass is 10.1. The number of hydrogen-bond donors (Lipinski definition) is 1. The molecule has 0 saturated heterocycles. The van der Waals surface area contributed by atoms with Gasteiger partial charge in [0.05, 0.1) is 27.8 Å². The van der Waals surface area contributed by atoms with Crippen molar-refractivity contribution in [3.05, 3.63) is 80.2 Å². The van der Waals surface area contributed by atoms with Gasteiger partial charge in [-0.15, -0.1) is 0 Å². The van der Waals surface area contributed by atoms with E-state index in [9.17, 15) is 13.6 Å². The molecule has 8 nitrogen and oxygen atoms in total. The van der Waals surface area contributed by atoms with Gasteiger partial charge in [-0.25, -0.2) is 18.6 Å². The molecule has 1 atom stereocenters. The highest BCUT2D eigenvalue weighted by molar-refractivity contribution is 6.32. The molecule has 0 radical (unpaired) electrons. The summed E-state index contributed by atoms with van der Waals surface area (Å²) < 4.78 is 36.7. The van der Waals surface area contributed by atoms with Gasteiger partial charge in [-0.05, 0) is 68.2 Å². The average Bonchev–Trinajstić information content (AvgIpc) is 3.29. The van der Waals surface area contributed by atoms with Gasteiger partial charge >= 0.3 is 5.63 Å². The standard InChI is InChI=1S/C26H29ClF2N4O4/c1-6-8-9-19(27)24(15(3)7-2)33-20(12-22(32-33)36-14-21(28)29)25-31-23-16(4)10-17(13-30-35-5)11-18(23)26(34)37-25/h6,8-13,21-22,32H,7,14H2,1-5H3/b8-6-,19-9+,24-15-,30-13+. The van der Waals surface area contributed by atoms with Crippen molar-refractivity contribution in [1.82, 2.24) is 15.4 Å². The van der Waals surface area contributed by atoms with Crippen LogP contribution in [0, 0.1) is 6.92 Å². The second-order valence-electron chi connectivity index (χ2n) is 8.14. The summed E-state index contributed by atoms with van der Waals surface area (Å²) in [6.07, 6.45) is 5.35. The third-order valence-corrected chi connectivity index (χ3v) is 5.80. The molecule has 11 heteroatoms. The quantitative estimate of drug-likeness (QED) is 0.240. The monoisotopic (exact) mass is 534 g/mol. The predicted molar refractivity (Wildman–Crippen MR) is 140 cm³/mol. The van der Waals surface area contributed by atoms with Gasteiger partial charge in [-0.2, -0.15) is 5.43 Å². The Labute approximate surface area is 218 Å². The number of nitrogens with one attached hydrogen (secondary N) is 1. The van der Waals surface area contributed by atoms with Crippen LogP contribution in [0.4, 0.5) is 8.78 Å². The van der Waals surface area contributed by atoms with Crippen LogP contribution >= 0.6 is 11.6 Å². The minimum absolute atomic E-state index is 0.0218. The van der Waals surface area contributed by atoms with Gasteiger partial charge in [0.25, 0.3) is 6.43 Å². The Bertz CT molecular complexity index is 1350. The molecule has 2 aromatic rings. The largest absolute Gasteiger partial charge is 0.401 e. The van der Waals surface area contributed by atoms with Gasteiger partial charge < -0.3 is 14.0 Å². The smallest absolute Gasteiger partial charge is 0.347 e. The number of rotatable bonds is 10. The lowest BCUT2D eigenvalue weighted by Gasteiger charge is -2.27. The zero-order valence-corrected chi connectivity index (χ0v) is 22.0. The SMILES string of the molecule is C\C=C/C=C(Cl)\C(=C(/C)CC)N1NC(OCC(F)F)C=C1c1nc2c(C)cc(/C=N/OC)cc2c(=O)o1. The Balaban J connectivity index is 2.18. The topological polar surface area (TPSA) is 89.2 Å². The minimum Gasteiger partial charge on any atom is -0.401 e. The van der Waals surface area contributed by atoms with E-state index in [-0.39, 0.29) is 11.3 Å². The van der Waals surface area contributed by atoms with Crippen molar-refractivity contribution in [3.8, 4) is 0 Å². The molecular formula is C26H29ClF2N4O4. The molecule has 1 aliphatic heterocycles. The number of aryl methyl sites for hydroxylation is 1. The zero-order valence-electron chi connectivity index (χ0n) is 21.2. The summed E-state index contributed by atoms with van der Waals surface area (Å²) >= 11 is 6.66. The molecule has 1 aromatic heterocycles. The van der Waals surface area contributed by atoms with Gasteiger partial charge in [0, 0.05) is 0 Å². The number of nitrogens with zero attached hydrogens (tertiary/aromatic N) is 3.